The van der Waals surface area contributed by atoms with E-state index in [0.29, 0.717) is 33.6 Å². The molecule has 3 aromatic rings. The van der Waals surface area contributed by atoms with Crippen molar-refractivity contribution in [1.82, 2.24) is 0 Å². The molecule has 0 bridgehead atoms. The van der Waals surface area contributed by atoms with Crippen LogP contribution in [0.4, 0.5) is 11.4 Å². The molecule has 38 heavy (non-hydrogen) atoms. The van der Waals surface area contributed by atoms with Gasteiger partial charge < -0.3 is 20.1 Å². The van der Waals surface area contributed by atoms with Gasteiger partial charge in [0.15, 0.2) is 0 Å². The molecule has 0 fully saturated rings. The molecule has 4 heterocycles. The summed E-state index contributed by atoms with van der Waals surface area (Å²) < 4.78 is 11.0. The van der Waals surface area contributed by atoms with Gasteiger partial charge in [0.2, 0.25) is 0 Å². The van der Waals surface area contributed by atoms with E-state index in [2.05, 4.69) is 23.8 Å². The van der Waals surface area contributed by atoms with Crippen molar-refractivity contribution < 1.29 is 28.7 Å². The number of carbonyl (C=O) groups excluding carboxylic acids is 4. The van der Waals surface area contributed by atoms with Gasteiger partial charge in [0.05, 0.1) is 22.3 Å². The molecule has 2 N–H and O–H groups in total. The Bertz CT molecular complexity index is 1600. The lowest BCUT2D eigenvalue weighted by molar-refractivity contribution is -0.127. The largest absolute Gasteiger partial charge is 0.422 e. The fraction of sp³-hybridized carbons (Fsp3) is 0. The number of ether oxygens (including phenoxy) is 2. The van der Waals surface area contributed by atoms with Crippen molar-refractivity contribution in [3.05, 3.63) is 82.9 Å². The van der Waals surface area contributed by atoms with Crippen LogP contribution in [0.25, 0.3) is 22.3 Å². The van der Waals surface area contributed by atoms with Gasteiger partial charge in [-0.05, 0) is 24.3 Å². The molecule has 0 saturated heterocycles. The smallest absolute Gasteiger partial charge is 0.345 e. The highest BCUT2D eigenvalue weighted by Gasteiger charge is 2.42. The van der Waals surface area contributed by atoms with E-state index in [0.717, 1.165) is 0 Å². The quantitative estimate of drug-likeness (QED) is 0.268. The fourth-order valence-corrected chi connectivity index (χ4v) is 4.85. The second kappa shape index (κ2) is 8.90. The number of hydrogen-bond donors (Lipinski definition) is 2. The Morgan fingerprint density at radius 1 is 0.526 bits per heavy atom. The standard InChI is InChI=1S/C26H12N2O6.2CHN/c29-23-19(11-5-1-3-7-15(11)27-23)21-13-9-18-14(10-17(13)33-25(21)31)22(26(32)34-18)20-12-6-2-4-8-16(12)28-24(20)30;2*1-2/h1-10H,(H,27,29)(H,28,30);2*1H/b21-19-,22-20-;;. The van der Waals surface area contributed by atoms with Gasteiger partial charge >= 0.3 is 11.9 Å². The maximum absolute atomic E-state index is 12.9. The Labute approximate surface area is 215 Å². The molecule has 10 nitrogen and oxygen atoms in total. The van der Waals surface area contributed by atoms with Gasteiger partial charge in [0.1, 0.15) is 11.5 Å². The summed E-state index contributed by atoms with van der Waals surface area (Å²) in [6, 6.07) is 17.1. The number of rotatable bonds is 0. The highest BCUT2D eigenvalue weighted by molar-refractivity contribution is 6.47. The van der Waals surface area contributed by atoms with E-state index in [1.165, 1.54) is 12.1 Å². The summed E-state index contributed by atoms with van der Waals surface area (Å²) in [4.78, 5) is 51.2. The van der Waals surface area contributed by atoms with Gasteiger partial charge in [0.25, 0.3) is 11.8 Å². The van der Waals surface area contributed by atoms with Gasteiger partial charge in [-0.2, -0.15) is 0 Å². The van der Waals surface area contributed by atoms with E-state index in [4.69, 9.17) is 20.0 Å². The minimum Gasteiger partial charge on any atom is -0.422 e. The third kappa shape index (κ3) is 3.26. The van der Waals surface area contributed by atoms with Crippen molar-refractivity contribution in [2.24, 2.45) is 0 Å². The lowest BCUT2D eigenvalue weighted by Gasteiger charge is -2.04. The number of nitriles is 2. The lowest BCUT2D eigenvalue weighted by Crippen LogP contribution is -2.10. The van der Waals surface area contributed by atoms with Crippen molar-refractivity contribution in [1.29, 1.82) is 10.5 Å². The first kappa shape index (κ1) is 23.7. The molecule has 7 rings (SSSR count). The molecule has 0 radical (unpaired) electrons. The van der Waals surface area contributed by atoms with Gasteiger partial charge in [0, 0.05) is 46.8 Å². The topological polar surface area (TPSA) is 158 Å². The Kier molecular flexibility index (Phi) is 5.56. The van der Waals surface area contributed by atoms with Crippen LogP contribution >= 0.6 is 0 Å². The van der Waals surface area contributed by atoms with E-state index in [9.17, 15) is 19.2 Å². The molecule has 2 amide bonds. The SMILES string of the molecule is C#N.C#N.O=C1Nc2ccccc2/C1=C1/C(=O)Oc2cc3c(cc21)OC(=O)/C3=C1\C(=O)Nc2ccccc21. The van der Waals surface area contributed by atoms with Crippen LogP contribution < -0.4 is 20.1 Å². The zero-order valence-electron chi connectivity index (χ0n) is 19.3. The highest BCUT2D eigenvalue weighted by atomic mass is 16.5. The zero-order chi connectivity index (χ0) is 27.1. The molecule has 4 aliphatic heterocycles. The highest BCUT2D eigenvalue weighted by Crippen LogP contribution is 2.50. The summed E-state index contributed by atoms with van der Waals surface area (Å²) in [5.41, 5.74) is 3.67. The molecule has 0 aliphatic carbocycles. The van der Waals surface area contributed by atoms with Gasteiger partial charge in [-0.3, -0.25) is 9.59 Å². The van der Waals surface area contributed by atoms with Crippen molar-refractivity contribution in [2.45, 2.75) is 0 Å². The van der Waals surface area contributed by atoms with Crippen LogP contribution in [0.3, 0.4) is 0 Å². The maximum atomic E-state index is 12.9. The Balaban J connectivity index is 0.000000704. The van der Waals surface area contributed by atoms with E-state index in [-0.39, 0.29) is 33.8 Å². The second-order valence-electron chi connectivity index (χ2n) is 8.12. The summed E-state index contributed by atoms with van der Waals surface area (Å²) in [7, 11) is 0. The monoisotopic (exact) mass is 502 g/mol. The first-order valence-electron chi connectivity index (χ1n) is 11.0. The summed E-state index contributed by atoms with van der Waals surface area (Å²) in [5, 5.41) is 18.5. The number of benzene rings is 3. The number of fused-ring (bicyclic) bond motifs is 4. The van der Waals surface area contributed by atoms with E-state index >= 15 is 0 Å². The average molecular weight is 502 g/mol. The molecule has 3 aromatic carbocycles. The van der Waals surface area contributed by atoms with Crippen LogP contribution in [0, 0.1) is 23.7 Å². The summed E-state index contributed by atoms with van der Waals surface area (Å²) in [6.07, 6.45) is 0. The molecule has 182 valence electrons. The van der Waals surface area contributed by atoms with Crippen LogP contribution in [0.1, 0.15) is 22.3 Å². The number of anilines is 2. The predicted octanol–water partition coefficient (Wildman–Crippen LogP) is 3.53. The predicted molar refractivity (Wildman–Crippen MR) is 135 cm³/mol. The van der Waals surface area contributed by atoms with E-state index in [1.807, 2.05) is 0 Å². The first-order chi connectivity index (χ1) is 18.5. The van der Waals surface area contributed by atoms with Crippen LogP contribution in [-0.2, 0) is 19.2 Å². The normalized spacial score (nSPS) is 19.3. The lowest BCUT2D eigenvalue weighted by atomic mass is 9.92. The van der Waals surface area contributed by atoms with Crippen molar-refractivity contribution in [3.63, 3.8) is 0 Å². The van der Waals surface area contributed by atoms with E-state index < -0.39 is 23.8 Å². The molecule has 4 aliphatic rings. The number of para-hydroxylation sites is 2. The summed E-state index contributed by atoms with van der Waals surface area (Å²) >= 11 is 0. The number of amides is 2. The molecule has 10 heteroatoms. The number of hydrogen-bond acceptors (Lipinski definition) is 8. The van der Waals surface area contributed by atoms with Gasteiger partial charge in [-0.15, -0.1) is 0 Å². The number of nitrogens with zero attached hydrogens (tertiary/aromatic N) is 2. The second-order valence-corrected chi connectivity index (χ2v) is 8.12. The Morgan fingerprint density at radius 3 is 1.29 bits per heavy atom. The van der Waals surface area contributed by atoms with Crippen LogP contribution in [0.15, 0.2) is 60.7 Å². The molecule has 0 spiro atoms. The van der Waals surface area contributed by atoms with Crippen molar-refractivity contribution >= 4 is 57.4 Å². The van der Waals surface area contributed by atoms with Gasteiger partial charge in [-0.1, -0.05) is 36.4 Å². The third-order valence-electron chi connectivity index (χ3n) is 6.28. The van der Waals surface area contributed by atoms with Crippen LogP contribution in [-0.4, -0.2) is 23.8 Å². The minimum absolute atomic E-state index is 0.0985. The maximum Gasteiger partial charge on any atom is 0.345 e. The van der Waals surface area contributed by atoms with Crippen molar-refractivity contribution in [2.75, 3.05) is 10.6 Å². The third-order valence-corrected chi connectivity index (χ3v) is 6.28. The Hall–Kier alpha value is -6.00. The Morgan fingerprint density at radius 2 is 0.895 bits per heavy atom. The number of esters is 2. The molecule has 0 aromatic heterocycles. The number of nitrogens with one attached hydrogen (secondary N) is 2. The molecule has 0 saturated carbocycles. The summed E-state index contributed by atoms with van der Waals surface area (Å²) in [6.45, 7) is 7.00. The minimum atomic E-state index is -0.676. The summed E-state index contributed by atoms with van der Waals surface area (Å²) in [5.74, 6) is -1.81. The average Bonchev–Trinajstić information content (AvgIpc) is 3.63. The first-order valence-corrected chi connectivity index (χ1v) is 11.0. The molecular weight excluding hydrogens is 488 g/mol. The van der Waals surface area contributed by atoms with Crippen LogP contribution in [0.2, 0.25) is 0 Å². The van der Waals surface area contributed by atoms with E-state index in [1.54, 1.807) is 48.5 Å². The van der Waals surface area contributed by atoms with Gasteiger partial charge in [-0.25, -0.2) is 20.1 Å². The molecule has 0 atom stereocenters. The molecule has 0 unspecified atom stereocenters. The van der Waals surface area contributed by atoms with Crippen LogP contribution in [0.5, 0.6) is 11.5 Å². The van der Waals surface area contributed by atoms with Crippen molar-refractivity contribution in [3.8, 4) is 24.6 Å². The number of carbonyl (C=O) groups is 4. The fourth-order valence-electron chi connectivity index (χ4n) is 4.85. The zero-order valence-corrected chi connectivity index (χ0v) is 19.3. The molecular formula is C28H14N4O6.